The number of thioether (sulfide) groups is 1. The van der Waals surface area contributed by atoms with Crippen molar-refractivity contribution in [2.24, 2.45) is 0 Å². The highest BCUT2D eigenvalue weighted by Gasteiger charge is 2.16. The maximum atomic E-state index is 10.2. The normalized spacial score (nSPS) is 28.3. The molecule has 0 spiro atoms. The summed E-state index contributed by atoms with van der Waals surface area (Å²) in [6.45, 7) is 3.86. The van der Waals surface area contributed by atoms with Gasteiger partial charge in [0.15, 0.2) is 0 Å². The van der Waals surface area contributed by atoms with Gasteiger partial charge in [-0.15, -0.1) is 0 Å². The summed E-state index contributed by atoms with van der Waals surface area (Å²) >= 11 is 1.98. The summed E-state index contributed by atoms with van der Waals surface area (Å²) in [7, 11) is 0. The van der Waals surface area contributed by atoms with Crippen molar-refractivity contribution < 1.29 is 4.79 Å². The molecule has 1 fully saturated rings. The second kappa shape index (κ2) is 3.98. The first kappa shape index (κ1) is 8.08. The minimum absolute atomic E-state index is 0.587. The molecule has 0 saturated carbocycles. The molecule has 1 aliphatic rings. The third kappa shape index (κ3) is 1.99. The molecule has 1 heterocycles. The molecule has 10 heavy (non-hydrogen) atoms. The second-order valence-corrected chi connectivity index (χ2v) is 3.74. The van der Waals surface area contributed by atoms with Crippen molar-refractivity contribution in [3.8, 4) is 0 Å². The van der Waals surface area contributed by atoms with Crippen molar-refractivity contribution in [3.63, 3.8) is 0 Å². The number of hydrogen-bond donors (Lipinski definition) is 0. The molecule has 0 bridgehead atoms. The maximum Gasteiger partial charge on any atom is 0.133 e. The van der Waals surface area contributed by atoms with Crippen molar-refractivity contribution >= 4 is 18.0 Å². The van der Waals surface area contributed by atoms with Gasteiger partial charge >= 0.3 is 0 Å². The molecule has 1 aliphatic heterocycles. The topological polar surface area (TPSA) is 20.3 Å². The van der Waals surface area contributed by atoms with Crippen LogP contribution in [0.15, 0.2) is 0 Å². The van der Waals surface area contributed by atoms with Gasteiger partial charge in [-0.25, -0.2) is 0 Å². The van der Waals surface area contributed by atoms with E-state index < -0.39 is 0 Å². The molecule has 0 aromatic carbocycles. The van der Waals surface area contributed by atoms with Crippen LogP contribution in [0.2, 0.25) is 0 Å². The Morgan fingerprint density at radius 1 is 1.80 bits per heavy atom. The van der Waals surface area contributed by atoms with Crippen molar-refractivity contribution in [3.05, 3.63) is 0 Å². The van der Waals surface area contributed by atoms with E-state index in [1.807, 2.05) is 11.8 Å². The summed E-state index contributed by atoms with van der Waals surface area (Å²) in [6.07, 6.45) is 0.993. The second-order valence-electron chi connectivity index (χ2n) is 2.59. The third-order valence-electron chi connectivity index (χ3n) is 1.81. The van der Waals surface area contributed by atoms with Crippen LogP contribution >= 0.6 is 11.8 Å². The van der Waals surface area contributed by atoms with Gasteiger partial charge in [0.2, 0.25) is 0 Å². The predicted molar refractivity (Wildman–Crippen MR) is 44.4 cm³/mol. The van der Waals surface area contributed by atoms with Crippen molar-refractivity contribution in [1.82, 2.24) is 4.90 Å². The molecule has 0 amide bonds. The van der Waals surface area contributed by atoms with Gasteiger partial charge in [0.1, 0.15) is 6.29 Å². The number of aldehydes is 1. The molecule has 2 nitrogen and oxygen atoms in total. The van der Waals surface area contributed by atoms with Crippen molar-refractivity contribution in [2.45, 2.75) is 13.0 Å². The molecule has 1 atom stereocenters. The molecule has 0 aromatic heterocycles. The van der Waals surface area contributed by atoms with E-state index in [1.165, 1.54) is 11.5 Å². The molecule has 58 valence electrons. The fourth-order valence-electron chi connectivity index (χ4n) is 1.13. The number of rotatable bonds is 2. The molecule has 1 rings (SSSR count). The summed E-state index contributed by atoms with van der Waals surface area (Å²) in [6, 6.07) is 0.587. The number of carbonyl (C=O) groups excluding carboxylic acids is 1. The lowest BCUT2D eigenvalue weighted by Gasteiger charge is -2.30. The van der Waals surface area contributed by atoms with Crippen molar-refractivity contribution in [1.29, 1.82) is 0 Å². The Morgan fingerprint density at radius 2 is 2.60 bits per heavy atom. The maximum absolute atomic E-state index is 10.2. The first-order chi connectivity index (χ1) is 4.84. The van der Waals surface area contributed by atoms with Gasteiger partial charge in [-0.2, -0.15) is 11.8 Å². The highest BCUT2D eigenvalue weighted by Crippen LogP contribution is 2.14. The number of carbonyl (C=O) groups is 1. The van der Waals surface area contributed by atoms with Gasteiger partial charge in [0, 0.05) is 24.1 Å². The van der Waals surface area contributed by atoms with Crippen LogP contribution in [0.5, 0.6) is 0 Å². The third-order valence-corrected chi connectivity index (χ3v) is 3.00. The predicted octanol–water partition coefficient (Wildman–Crippen LogP) is 0.623. The molecule has 0 aromatic rings. The Labute approximate surface area is 66.0 Å². The number of hydrogen-bond acceptors (Lipinski definition) is 3. The largest absolute Gasteiger partial charge is 0.302 e. The van der Waals surface area contributed by atoms with Gasteiger partial charge in [-0.05, 0) is 6.92 Å². The smallest absolute Gasteiger partial charge is 0.133 e. The molecular weight excluding hydrogens is 146 g/mol. The lowest BCUT2D eigenvalue weighted by atomic mass is 10.3. The van der Waals surface area contributed by atoms with Crippen LogP contribution in [-0.2, 0) is 4.79 Å². The van der Waals surface area contributed by atoms with Crippen LogP contribution in [0, 0.1) is 0 Å². The van der Waals surface area contributed by atoms with E-state index in [4.69, 9.17) is 0 Å². The average Bonchev–Trinajstić information content (AvgIpc) is 1.94. The van der Waals surface area contributed by atoms with E-state index >= 15 is 0 Å². The first-order valence-electron chi connectivity index (χ1n) is 3.60. The average molecular weight is 159 g/mol. The van der Waals surface area contributed by atoms with Gasteiger partial charge < -0.3 is 4.79 Å². The minimum atomic E-state index is 0.587. The lowest BCUT2D eigenvalue weighted by molar-refractivity contribution is -0.109. The van der Waals surface area contributed by atoms with E-state index in [-0.39, 0.29) is 0 Å². The first-order valence-corrected chi connectivity index (χ1v) is 4.75. The summed E-state index contributed by atoms with van der Waals surface area (Å²) in [5.74, 6) is 2.35. The summed E-state index contributed by atoms with van der Waals surface area (Å²) in [4.78, 5) is 12.4. The van der Waals surface area contributed by atoms with Crippen LogP contribution in [0.25, 0.3) is 0 Å². The molecule has 0 aliphatic carbocycles. The Kier molecular flexibility index (Phi) is 3.22. The standard InChI is InChI=1S/C7H13NOS/c1-7-6-10-5-3-8(7)2-4-9/h4,7H,2-3,5-6H2,1H3. The molecular formula is C7H13NOS. The highest BCUT2D eigenvalue weighted by molar-refractivity contribution is 7.99. The Hall–Kier alpha value is -0.0200. The quantitative estimate of drug-likeness (QED) is 0.551. The van der Waals surface area contributed by atoms with E-state index in [0.717, 1.165) is 12.8 Å². The van der Waals surface area contributed by atoms with E-state index in [0.29, 0.717) is 12.6 Å². The SMILES string of the molecule is CC1CSCCN1CC=O. The van der Waals surface area contributed by atoms with E-state index in [1.54, 1.807) is 0 Å². The number of nitrogens with zero attached hydrogens (tertiary/aromatic N) is 1. The summed E-state index contributed by atoms with van der Waals surface area (Å²) in [5.41, 5.74) is 0. The van der Waals surface area contributed by atoms with Crippen LogP contribution in [0.1, 0.15) is 6.92 Å². The Bertz CT molecular complexity index is 118. The molecule has 0 N–H and O–H groups in total. The summed E-state index contributed by atoms with van der Waals surface area (Å²) < 4.78 is 0. The van der Waals surface area contributed by atoms with E-state index in [2.05, 4.69) is 11.8 Å². The lowest BCUT2D eigenvalue weighted by Crippen LogP contribution is -2.41. The summed E-state index contributed by atoms with van der Waals surface area (Å²) in [5, 5.41) is 0. The zero-order valence-corrected chi connectivity index (χ0v) is 7.06. The van der Waals surface area contributed by atoms with Crippen LogP contribution in [0.3, 0.4) is 0 Å². The van der Waals surface area contributed by atoms with Gasteiger partial charge in [-0.1, -0.05) is 0 Å². The van der Waals surface area contributed by atoms with Crippen LogP contribution in [-0.4, -0.2) is 41.8 Å². The zero-order chi connectivity index (χ0) is 7.40. The minimum Gasteiger partial charge on any atom is -0.302 e. The van der Waals surface area contributed by atoms with E-state index in [9.17, 15) is 4.79 Å². The molecule has 1 saturated heterocycles. The Morgan fingerprint density at radius 3 is 3.20 bits per heavy atom. The molecule has 0 radical (unpaired) electrons. The monoisotopic (exact) mass is 159 g/mol. The fourth-order valence-corrected chi connectivity index (χ4v) is 2.21. The van der Waals surface area contributed by atoms with Crippen LogP contribution < -0.4 is 0 Å². The molecule has 1 unspecified atom stereocenters. The fraction of sp³-hybridized carbons (Fsp3) is 0.857. The van der Waals surface area contributed by atoms with Gasteiger partial charge in [-0.3, -0.25) is 4.90 Å². The Balaban J connectivity index is 2.32. The van der Waals surface area contributed by atoms with Crippen LogP contribution in [0.4, 0.5) is 0 Å². The highest BCUT2D eigenvalue weighted by atomic mass is 32.2. The van der Waals surface area contributed by atoms with Crippen molar-refractivity contribution in [2.75, 3.05) is 24.6 Å². The van der Waals surface area contributed by atoms with Gasteiger partial charge in [0.25, 0.3) is 0 Å². The zero-order valence-electron chi connectivity index (χ0n) is 6.25. The van der Waals surface area contributed by atoms with Gasteiger partial charge in [0.05, 0.1) is 6.54 Å². The molecule has 3 heteroatoms.